The van der Waals surface area contributed by atoms with Crippen LogP contribution in [0, 0.1) is 12.3 Å². The van der Waals surface area contributed by atoms with Gasteiger partial charge in [0.1, 0.15) is 40.4 Å². The molecule has 1 fully saturated rings. The molecule has 14 heteroatoms. The van der Waals surface area contributed by atoms with Crippen LogP contribution in [0.1, 0.15) is 58.2 Å². The molecule has 5 aromatic rings. The van der Waals surface area contributed by atoms with Gasteiger partial charge in [-0.05, 0) is 47.7 Å². The van der Waals surface area contributed by atoms with Crippen LogP contribution in [0.3, 0.4) is 0 Å². The van der Waals surface area contributed by atoms with Crippen LogP contribution in [0.25, 0.3) is 33.0 Å². The van der Waals surface area contributed by atoms with E-state index in [1.54, 1.807) is 12.0 Å². The van der Waals surface area contributed by atoms with Crippen LogP contribution in [0.5, 0.6) is 11.5 Å². The van der Waals surface area contributed by atoms with E-state index in [4.69, 9.17) is 25.2 Å². The number of primary amides is 1. The van der Waals surface area contributed by atoms with Crippen LogP contribution in [0.2, 0.25) is 0 Å². The topological polar surface area (TPSA) is 174 Å². The number of nitrogens with zero attached hydrogens (tertiary/aromatic N) is 6. The molecule has 0 unspecified atom stereocenters. The standard InChI is InChI=1S/C35H41N9O4S/c1-18(2)25-17-49-33(39-25)24-15-28(23-11-12-27(47-7)19(3)29(23)38-24)48-22-14-26(31(36)45)44(16-22)34(46)30(35(4,5)6)37-21-10-8-9-20(13-21)32-40-42-43-41-32/h8-13,15,17-18,22,26,30,37H,14,16H2,1-7H3,(H2,36,45)(H,40,41,42,43)/t22-,26+,30-/m1/s1. The number of carbonyl (C=O) groups is 2. The van der Waals surface area contributed by atoms with Gasteiger partial charge in [0.15, 0.2) is 0 Å². The first kappa shape index (κ1) is 33.8. The number of H-pyrrole nitrogens is 1. The SMILES string of the molecule is COc1ccc2c(O[C@@H]3C[C@@H](C(N)=O)N(C(=O)[C@@H](Nc4cccc(-c5nn[nH]n5)c4)C(C)(C)C)C3)cc(-c3nc(C(C)C)cs3)nc2c1C. The first-order valence-electron chi connectivity index (χ1n) is 16.1. The van der Waals surface area contributed by atoms with E-state index in [0.717, 1.165) is 32.7 Å². The molecule has 0 spiro atoms. The van der Waals surface area contributed by atoms with Gasteiger partial charge in [-0.3, -0.25) is 9.59 Å². The zero-order chi connectivity index (χ0) is 35.0. The summed E-state index contributed by atoms with van der Waals surface area (Å²) in [7, 11) is 1.63. The molecular formula is C35H41N9O4S. The van der Waals surface area contributed by atoms with E-state index in [-0.39, 0.29) is 24.8 Å². The van der Waals surface area contributed by atoms with Crippen molar-refractivity contribution in [1.82, 2.24) is 35.5 Å². The number of nitrogens with one attached hydrogen (secondary N) is 2. The summed E-state index contributed by atoms with van der Waals surface area (Å²) in [6.45, 7) is 12.3. The van der Waals surface area contributed by atoms with Crippen molar-refractivity contribution in [3.05, 3.63) is 59.1 Å². The number of thiazole rings is 1. The number of fused-ring (bicyclic) bond motifs is 1. The number of carbonyl (C=O) groups excluding carboxylic acids is 2. The summed E-state index contributed by atoms with van der Waals surface area (Å²) in [6.07, 6.45) is -0.263. The number of methoxy groups -OCH3 is 1. The van der Waals surface area contributed by atoms with Crippen molar-refractivity contribution in [1.29, 1.82) is 0 Å². The molecule has 4 N–H and O–H groups in total. The smallest absolute Gasteiger partial charge is 0.246 e. The molecule has 13 nitrogen and oxygen atoms in total. The Morgan fingerprint density at radius 3 is 2.57 bits per heavy atom. The molecule has 3 aromatic heterocycles. The highest BCUT2D eigenvalue weighted by atomic mass is 32.1. The van der Waals surface area contributed by atoms with Gasteiger partial charge >= 0.3 is 0 Å². The van der Waals surface area contributed by atoms with Crippen LogP contribution in [0.15, 0.2) is 47.8 Å². The van der Waals surface area contributed by atoms with Crippen LogP contribution in [-0.2, 0) is 9.59 Å². The number of rotatable bonds is 10. The molecule has 49 heavy (non-hydrogen) atoms. The third-order valence-electron chi connectivity index (χ3n) is 8.76. The molecule has 0 aliphatic carbocycles. The van der Waals surface area contributed by atoms with Gasteiger partial charge in [0.05, 0.1) is 24.9 Å². The van der Waals surface area contributed by atoms with E-state index in [2.05, 4.69) is 39.8 Å². The minimum atomic E-state index is -0.850. The van der Waals surface area contributed by atoms with Gasteiger partial charge in [0.2, 0.25) is 17.6 Å². The average molecular weight is 684 g/mol. The van der Waals surface area contributed by atoms with Gasteiger partial charge in [-0.1, -0.05) is 46.8 Å². The molecule has 0 bridgehead atoms. The Labute approximate surface area is 288 Å². The van der Waals surface area contributed by atoms with Crippen molar-refractivity contribution in [3.63, 3.8) is 0 Å². The van der Waals surface area contributed by atoms with Gasteiger partial charge < -0.3 is 25.4 Å². The second-order valence-electron chi connectivity index (χ2n) is 13.7. The molecule has 2 amide bonds. The molecule has 0 saturated carbocycles. The zero-order valence-corrected chi connectivity index (χ0v) is 29.5. The lowest BCUT2D eigenvalue weighted by molar-refractivity contribution is -0.139. The highest BCUT2D eigenvalue weighted by Gasteiger charge is 2.45. The minimum Gasteiger partial charge on any atom is -0.496 e. The molecule has 1 aliphatic rings. The summed E-state index contributed by atoms with van der Waals surface area (Å²) < 4.78 is 12.3. The molecule has 2 aromatic carbocycles. The Morgan fingerprint density at radius 2 is 1.92 bits per heavy atom. The van der Waals surface area contributed by atoms with Gasteiger partial charge in [-0.25, -0.2) is 9.97 Å². The number of aryl methyl sites for hydroxylation is 1. The number of aromatic nitrogens is 6. The predicted octanol–water partition coefficient (Wildman–Crippen LogP) is 5.34. The molecule has 3 atom stereocenters. The molecule has 6 rings (SSSR count). The first-order chi connectivity index (χ1) is 23.3. The fraction of sp³-hybridized carbons (Fsp3) is 0.400. The monoisotopic (exact) mass is 683 g/mol. The molecule has 256 valence electrons. The maximum atomic E-state index is 14.4. The maximum absolute atomic E-state index is 14.4. The minimum absolute atomic E-state index is 0.173. The number of ether oxygens (including phenoxy) is 2. The third-order valence-corrected chi connectivity index (χ3v) is 9.64. The van der Waals surface area contributed by atoms with Gasteiger partial charge in [0.25, 0.3) is 0 Å². The van der Waals surface area contributed by atoms with Crippen molar-refractivity contribution in [2.24, 2.45) is 11.1 Å². The summed E-state index contributed by atoms with van der Waals surface area (Å²) >= 11 is 1.53. The van der Waals surface area contributed by atoms with E-state index in [0.29, 0.717) is 28.7 Å². The van der Waals surface area contributed by atoms with E-state index in [1.807, 2.05) is 75.5 Å². The molecule has 1 aliphatic heterocycles. The average Bonchev–Trinajstić information content (AvgIpc) is 3.85. The number of hydrogen-bond acceptors (Lipinski definition) is 11. The predicted molar refractivity (Wildman–Crippen MR) is 188 cm³/mol. The number of pyridine rings is 1. The van der Waals surface area contributed by atoms with Gasteiger partial charge in [0, 0.05) is 40.1 Å². The fourth-order valence-electron chi connectivity index (χ4n) is 6.07. The van der Waals surface area contributed by atoms with Gasteiger partial charge in [-0.15, -0.1) is 21.5 Å². The number of benzene rings is 2. The van der Waals surface area contributed by atoms with E-state index in [1.165, 1.54) is 11.3 Å². The van der Waals surface area contributed by atoms with E-state index < -0.39 is 29.5 Å². The Balaban J connectivity index is 1.31. The Hall–Kier alpha value is -5.11. The molecular weight excluding hydrogens is 643 g/mol. The first-order valence-corrected chi connectivity index (χ1v) is 17.0. The third kappa shape index (κ3) is 6.91. The normalized spacial score (nSPS) is 17.0. The molecule has 0 radical (unpaired) electrons. The Kier molecular flexibility index (Phi) is 9.25. The summed E-state index contributed by atoms with van der Waals surface area (Å²) in [5, 5.41) is 21.2. The van der Waals surface area contributed by atoms with Crippen LogP contribution >= 0.6 is 11.3 Å². The number of amides is 2. The van der Waals surface area contributed by atoms with Crippen molar-refractivity contribution in [3.8, 4) is 33.6 Å². The van der Waals surface area contributed by atoms with Crippen molar-refractivity contribution < 1.29 is 19.1 Å². The molecule has 1 saturated heterocycles. The second kappa shape index (κ2) is 13.4. The molecule has 4 heterocycles. The highest BCUT2D eigenvalue weighted by molar-refractivity contribution is 7.13. The quantitative estimate of drug-likeness (QED) is 0.174. The van der Waals surface area contributed by atoms with Crippen LogP contribution < -0.4 is 20.5 Å². The lowest BCUT2D eigenvalue weighted by Gasteiger charge is -2.35. The van der Waals surface area contributed by atoms with Crippen LogP contribution in [0.4, 0.5) is 5.69 Å². The van der Waals surface area contributed by atoms with Crippen molar-refractivity contribution >= 4 is 39.7 Å². The largest absolute Gasteiger partial charge is 0.496 e. The van der Waals surface area contributed by atoms with Gasteiger partial charge in [-0.2, -0.15) is 5.21 Å². The lowest BCUT2D eigenvalue weighted by atomic mass is 9.85. The summed E-state index contributed by atoms with van der Waals surface area (Å²) in [5.41, 5.74) is 10.1. The summed E-state index contributed by atoms with van der Waals surface area (Å²) in [5.74, 6) is 1.16. The maximum Gasteiger partial charge on any atom is 0.246 e. The van der Waals surface area contributed by atoms with Crippen molar-refractivity contribution in [2.45, 2.75) is 72.1 Å². The Bertz CT molecular complexity index is 1990. The number of likely N-dealkylation sites (tertiary alicyclic amines) is 1. The summed E-state index contributed by atoms with van der Waals surface area (Å²) in [6, 6.07) is 11.6. The van der Waals surface area contributed by atoms with Crippen molar-refractivity contribution in [2.75, 3.05) is 19.0 Å². The number of hydrogen-bond donors (Lipinski definition) is 3. The number of tetrazole rings is 1. The zero-order valence-electron chi connectivity index (χ0n) is 28.6. The van der Waals surface area contributed by atoms with E-state index >= 15 is 0 Å². The Morgan fingerprint density at radius 1 is 1.12 bits per heavy atom. The second-order valence-corrected chi connectivity index (χ2v) is 14.5. The lowest BCUT2D eigenvalue weighted by Crippen LogP contribution is -2.53. The van der Waals surface area contributed by atoms with Crippen LogP contribution in [-0.4, -0.2) is 79.1 Å². The van der Waals surface area contributed by atoms with E-state index in [9.17, 15) is 9.59 Å². The number of anilines is 1. The number of aromatic amines is 1. The fourth-order valence-corrected chi connectivity index (χ4v) is 7.01. The summed E-state index contributed by atoms with van der Waals surface area (Å²) in [4.78, 5) is 38.6. The highest BCUT2D eigenvalue weighted by Crippen LogP contribution is 2.38. The number of nitrogens with two attached hydrogens (primary N) is 1.